The summed E-state index contributed by atoms with van der Waals surface area (Å²) in [7, 11) is -3.05. The summed E-state index contributed by atoms with van der Waals surface area (Å²) in [6.45, 7) is 4.36. The number of carbonyl (C=O) groups excluding carboxylic acids is 1. The van der Waals surface area contributed by atoms with Crippen molar-refractivity contribution in [2.75, 3.05) is 18.1 Å². The van der Waals surface area contributed by atoms with Crippen molar-refractivity contribution in [3.8, 4) is 11.3 Å². The van der Waals surface area contributed by atoms with E-state index in [-0.39, 0.29) is 23.5 Å². The maximum atomic E-state index is 13.1. The Kier molecular flexibility index (Phi) is 6.01. The molecule has 1 fully saturated rings. The van der Waals surface area contributed by atoms with E-state index in [9.17, 15) is 13.2 Å². The minimum Gasteiger partial charge on any atom is -0.335 e. The number of amides is 1. The number of benzene rings is 1. The molecule has 2 heterocycles. The highest BCUT2D eigenvalue weighted by Crippen LogP contribution is 2.25. The first-order chi connectivity index (χ1) is 12.8. The highest BCUT2D eigenvalue weighted by atomic mass is 79.9. The van der Waals surface area contributed by atoms with E-state index in [0.29, 0.717) is 24.2 Å². The molecule has 3 rings (SSSR count). The van der Waals surface area contributed by atoms with Crippen molar-refractivity contribution in [3.63, 3.8) is 0 Å². The van der Waals surface area contributed by atoms with Crippen LogP contribution in [0.4, 0.5) is 0 Å². The standard InChI is InChI=1S/C20H23BrN2O3S/c1-3-10-23(17-9-11-27(25,26)13-17)20(24)18-7-8-19(22-14(18)2)15-5-4-6-16(21)12-15/h4-8,12,17H,3,9-11,13H2,1-2H3. The summed E-state index contributed by atoms with van der Waals surface area (Å²) in [4.78, 5) is 19.5. The summed E-state index contributed by atoms with van der Waals surface area (Å²) in [5.41, 5.74) is 2.96. The van der Waals surface area contributed by atoms with Crippen LogP contribution in [0.15, 0.2) is 40.9 Å². The predicted octanol–water partition coefficient (Wildman–Crippen LogP) is 3.86. The van der Waals surface area contributed by atoms with Crippen molar-refractivity contribution in [2.24, 2.45) is 0 Å². The number of carbonyl (C=O) groups is 1. The Labute approximate surface area is 168 Å². The lowest BCUT2D eigenvalue weighted by atomic mass is 10.1. The molecule has 7 heteroatoms. The van der Waals surface area contributed by atoms with E-state index in [1.807, 2.05) is 44.2 Å². The van der Waals surface area contributed by atoms with E-state index >= 15 is 0 Å². The number of pyridine rings is 1. The van der Waals surface area contributed by atoms with Crippen LogP contribution in [0.25, 0.3) is 11.3 Å². The van der Waals surface area contributed by atoms with E-state index in [4.69, 9.17) is 0 Å². The van der Waals surface area contributed by atoms with Gasteiger partial charge in [0.05, 0.1) is 28.5 Å². The SMILES string of the molecule is CCCN(C(=O)c1ccc(-c2cccc(Br)c2)nc1C)C1CCS(=O)(=O)C1. The monoisotopic (exact) mass is 450 g/mol. The zero-order valence-electron chi connectivity index (χ0n) is 15.5. The summed E-state index contributed by atoms with van der Waals surface area (Å²) in [5, 5.41) is 0. The minimum atomic E-state index is -3.05. The molecule has 0 bridgehead atoms. The number of rotatable bonds is 5. The Morgan fingerprint density at radius 3 is 2.67 bits per heavy atom. The van der Waals surface area contributed by atoms with Gasteiger partial charge in [-0.1, -0.05) is 35.0 Å². The fourth-order valence-electron chi connectivity index (χ4n) is 3.46. The van der Waals surface area contributed by atoms with Gasteiger partial charge in [-0.2, -0.15) is 0 Å². The molecule has 0 aliphatic carbocycles. The average molecular weight is 451 g/mol. The first kappa shape index (κ1) is 20.0. The Morgan fingerprint density at radius 1 is 1.30 bits per heavy atom. The lowest BCUT2D eigenvalue weighted by Gasteiger charge is -2.28. The molecule has 2 aromatic rings. The van der Waals surface area contributed by atoms with E-state index in [1.165, 1.54) is 0 Å². The van der Waals surface area contributed by atoms with Gasteiger partial charge >= 0.3 is 0 Å². The molecule has 1 aliphatic rings. The summed E-state index contributed by atoms with van der Waals surface area (Å²) in [6.07, 6.45) is 1.29. The molecule has 1 aliphatic heterocycles. The van der Waals surface area contributed by atoms with Crippen LogP contribution in [0.5, 0.6) is 0 Å². The van der Waals surface area contributed by atoms with Gasteiger partial charge in [-0.15, -0.1) is 0 Å². The smallest absolute Gasteiger partial charge is 0.255 e. The van der Waals surface area contributed by atoms with E-state index in [0.717, 1.165) is 22.2 Å². The predicted molar refractivity (Wildman–Crippen MR) is 110 cm³/mol. The van der Waals surface area contributed by atoms with Crippen molar-refractivity contribution < 1.29 is 13.2 Å². The first-order valence-electron chi connectivity index (χ1n) is 9.05. The number of nitrogens with zero attached hydrogens (tertiary/aromatic N) is 2. The van der Waals surface area contributed by atoms with Crippen molar-refractivity contribution in [2.45, 2.75) is 32.7 Å². The Morgan fingerprint density at radius 2 is 2.07 bits per heavy atom. The fraction of sp³-hybridized carbons (Fsp3) is 0.400. The van der Waals surface area contributed by atoms with Crippen molar-refractivity contribution in [1.82, 2.24) is 9.88 Å². The Bertz CT molecular complexity index is 959. The second-order valence-corrected chi connectivity index (χ2v) is 10.0. The van der Waals surface area contributed by atoms with Crippen LogP contribution in [0.1, 0.15) is 35.8 Å². The maximum absolute atomic E-state index is 13.1. The molecule has 1 amide bonds. The second-order valence-electron chi connectivity index (χ2n) is 6.90. The minimum absolute atomic E-state index is 0.0569. The van der Waals surface area contributed by atoms with E-state index in [1.54, 1.807) is 11.0 Å². The molecule has 0 N–H and O–H groups in total. The van der Waals surface area contributed by atoms with Crippen LogP contribution in [-0.4, -0.2) is 48.3 Å². The van der Waals surface area contributed by atoms with Crippen LogP contribution in [-0.2, 0) is 9.84 Å². The van der Waals surface area contributed by atoms with E-state index in [2.05, 4.69) is 20.9 Å². The highest BCUT2D eigenvalue weighted by Gasteiger charge is 2.35. The number of hydrogen-bond acceptors (Lipinski definition) is 4. The molecule has 27 heavy (non-hydrogen) atoms. The molecule has 1 unspecified atom stereocenters. The molecule has 1 aromatic carbocycles. The molecule has 0 saturated carbocycles. The third kappa shape index (κ3) is 4.58. The number of hydrogen-bond donors (Lipinski definition) is 0. The molecule has 1 atom stereocenters. The van der Waals surface area contributed by atoms with Crippen LogP contribution >= 0.6 is 15.9 Å². The van der Waals surface area contributed by atoms with Gasteiger partial charge < -0.3 is 4.90 Å². The van der Waals surface area contributed by atoms with Crippen LogP contribution in [0.2, 0.25) is 0 Å². The molecular weight excluding hydrogens is 428 g/mol. The first-order valence-corrected chi connectivity index (χ1v) is 11.7. The zero-order valence-corrected chi connectivity index (χ0v) is 17.9. The molecule has 144 valence electrons. The average Bonchev–Trinajstić information content (AvgIpc) is 2.98. The van der Waals surface area contributed by atoms with Crippen LogP contribution in [0.3, 0.4) is 0 Å². The maximum Gasteiger partial charge on any atom is 0.255 e. The molecular formula is C20H23BrN2O3S. The summed E-state index contributed by atoms with van der Waals surface area (Å²) < 4.78 is 24.7. The lowest BCUT2D eigenvalue weighted by molar-refractivity contribution is 0.0696. The number of halogens is 1. The van der Waals surface area contributed by atoms with Gasteiger partial charge in [0.1, 0.15) is 0 Å². The van der Waals surface area contributed by atoms with Gasteiger partial charge in [-0.05, 0) is 44.0 Å². The van der Waals surface area contributed by atoms with E-state index < -0.39 is 9.84 Å². The van der Waals surface area contributed by atoms with Crippen LogP contribution < -0.4 is 0 Å². The molecule has 0 radical (unpaired) electrons. The zero-order chi connectivity index (χ0) is 19.6. The Balaban J connectivity index is 1.89. The Hall–Kier alpha value is -1.73. The van der Waals surface area contributed by atoms with Crippen molar-refractivity contribution in [1.29, 1.82) is 0 Å². The topological polar surface area (TPSA) is 67.3 Å². The van der Waals surface area contributed by atoms with Crippen molar-refractivity contribution >= 4 is 31.7 Å². The highest BCUT2D eigenvalue weighted by molar-refractivity contribution is 9.10. The van der Waals surface area contributed by atoms with Gasteiger partial charge in [-0.25, -0.2) is 8.42 Å². The van der Waals surface area contributed by atoms with Gasteiger partial charge in [0.15, 0.2) is 9.84 Å². The normalized spacial score (nSPS) is 18.4. The molecule has 1 aromatic heterocycles. The fourth-order valence-corrected chi connectivity index (χ4v) is 5.59. The number of aryl methyl sites for hydroxylation is 1. The molecule has 5 nitrogen and oxygen atoms in total. The third-order valence-electron chi connectivity index (χ3n) is 4.81. The second kappa shape index (κ2) is 8.10. The number of aromatic nitrogens is 1. The summed E-state index contributed by atoms with van der Waals surface area (Å²) >= 11 is 3.46. The molecule has 1 saturated heterocycles. The summed E-state index contributed by atoms with van der Waals surface area (Å²) in [5.74, 6) is 0.0793. The lowest BCUT2D eigenvalue weighted by Crippen LogP contribution is -2.42. The largest absolute Gasteiger partial charge is 0.335 e. The quantitative estimate of drug-likeness (QED) is 0.693. The third-order valence-corrected chi connectivity index (χ3v) is 7.05. The molecule has 0 spiro atoms. The van der Waals surface area contributed by atoms with Crippen LogP contribution in [0, 0.1) is 6.92 Å². The number of sulfone groups is 1. The van der Waals surface area contributed by atoms with Gasteiger partial charge in [0.2, 0.25) is 0 Å². The van der Waals surface area contributed by atoms with Gasteiger partial charge in [0, 0.05) is 22.6 Å². The van der Waals surface area contributed by atoms with Gasteiger partial charge in [-0.3, -0.25) is 9.78 Å². The summed E-state index contributed by atoms with van der Waals surface area (Å²) in [6, 6.07) is 11.2. The van der Waals surface area contributed by atoms with Gasteiger partial charge in [0.25, 0.3) is 5.91 Å². The van der Waals surface area contributed by atoms with Crippen molar-refractivity contribution in [3.05, 3.63) is 52.1 Å².